The number of hydrogen-bond acceptors (Lipinski definition) is 6. The number of piperazine rings is 1. The van der Waals surface area contributed by atoms with E-state index >= 15 is 0 Å². The van der Waals surface area contributed by atoms with Gasteiger partial charge in [-0.3, -0.25) is 0 Å². The molecule has 2 fully saturated rings. The molecule has 8 nitrogen and oxygen atoms in total. The number of aromatic nitrogens is 2. The molecule has 11 heteroatoms. The Morgan fingerprint density at radius 2 is 1.55 bits per heavy atom. The van der Waals surface area contributed by atoms with Crippen molar-refractivity contribution in [3.63, 3.8) is 0 Å². The van der Waals surface area contributed by atoms with Crippen LogP contribution in [-0.4, -0.2) is 66.5 Å². The summed E-state index contributed by atoms with van der Waals surface area (Å²) in [5, 5.41) is 2.51. The van der Waals surface area contributed by atoms with Crippen LogP contribution in [0.25, 0.3) is 0 Å². The number of hydrogen-bond donors (Lipinski definition) is 1. The third-order valence-electron chi connectivity index (χ3n) is 5.31. The van der Waals surface area contributed by atoms with Crippen molar-refractivity contribution >= 4 is 23.4 Å². The van der Waals surface area contributed by atoms with Crippen LogP contribution in [0.5, 0.6) is 5.75 Å². The number of para-hydroxylation sites is 2. The molecule has 31 heavy (non-hydrogen) atoms. The molecule has 2 aromatic rings. The molecule has 2 amide bonds. The first-order valence-corrected chi connectivity index (χ1v) is 10.1. The predicted molar refractivity (Wildman–Crippen MR) is 109 cm³/mol. The number of carbonyl (C=O) groups is 1. The van der Waals surface area contributed by atoms with Gasteiger partial charge in [0.25, 0.3) is 0 Å². The molecule has 1 N–H and O–H groups in total. The maximum absolute atomic E-state index is 12.6. The van der Waals surface area contributed by atoms with Crippen LogP contribution in [0.3, 0.4) is 0 Å². The minimum absolute atomic E-state index is 0.0293. The summed E-state index contributed by atoms with van der Waals surface area (Å²) >= 11 is 0. The maximum Gasteiger partial charge on any atom is 0.573 e. The van der Waals surface area contributed by atoms with Crippen molar-refractivity contribution in [1.82, 2.24) is 14.9 Å². The molecule has 1 aromatic heterocycles. The lowest BCUT2D eigenvalue weighted by Gasteiger charge is -2.35. The van der Waals surface area contributed by atoms with E-state index in [0.717, 1.165) is 43.6 Å². The van der Waals surface area contributed by atoms with Gasteiger partial charge < -0.3 is 24.8 Å². The van der Waals surface area contributed by atoms with Crippen molar-refractivity contribution in [2.24, 2.45) is 0 Å². The molecule has 0 radical (unpaired) electrons. The van der Waals surface area contributed by atoms with E-state index < -0.39 is 18.1 Å². The number of ether oxygens (including phenoxy) is 1. The molecular weight excluding hydrogens is 413 g/mol. The Morgan fingerprint density at radius 3 is 2.19 bits per heavy atom. The molecule has 2 aliphatic rings. The molecule has 0 aliphatic carbocycles. The first kappa shape index (κ1) is 21.0. The fraction of sp³-hybridized carbons (Fsp3) is 0.450. The number of amides is 2. The second-order valence-electron chi connectivity index (χ2n) is 7.38. The molecule has 1 aromatic carbocycles. The molecule has 4 rings (SSSR count). The number of rotatable bonds is 4. The van der Waals surface area contributed by atoms with Gasteiger partial charge in [-0.1, -0.05) is 12.1 Å². The number of carbonyl (C=O) groups excluding carboxylic acids is 1. The summed E-state index contributed by atoms with van der Waals surface area (Å²) in [6, 6.07) is 6.96. The monoisotopic (exact) mass is 436 g/mol. The molecule has 0 saturated carbocycles. The van der Waals surface area contributed by atoms with Crippen LogP contribution in [0.15, 0.2) is 36.7 Å². The molecule has 0 spiro atoms. The Labute approximate surface area is 177 Å². The standard InChI is InChI=1S/C20H23F3N6O2/c21-20(22,23)31-16-6-2-1-5-15(16)26-19(30)29-11-9-28(10-12-29)18-13-17(24-14-25-18)27-7-3-4-8-27/h1-2,5-6,13-14H,3-4,7-12H2,(H,26,30). The van der Waals surface area contributed by atoms with Gasteiger partial charge in [0.05, 0.1) is 5.69 Å². The third-order valence-corrected chi connectivity index (χ3v) is 5.31. The average Bonchev–Trinajstić information content (AvgIpc) is 3.29. The van der Waals surface area contributed by atoms with Gasteiger partial charge in [-0.25, -0.2) is 14.8 Å². The Hall–Kier alpha value is -3.24. The predicted octanol–water partition coefficient (Wildman–Crippen LogP) is 3.33. The van der Waals surface area contributed by atoms with Crippen molar-refractivity contribution in [2.45, 2.75) is 19.2 Å². The molecule has 166 valence electrons. The lowest BCUT2D eigenvalue weighted by molar-refractivity contribution is -0.274. The van der Waals surface area contributed by atoms with Crippen molar-refractivity contribution in [2.75, 3.05) is 54.4 Å². The molecular formula is C20H23F3N6O2. The van der Waals surface area contributed by atoms with Gasteiger partial charge in [-0.05, 0) is 25.0 Å². The van der Waals surface area contributed by atoms with Gasteiger partial charge in [0.15, 0.2) is 5.75 Å². The van der Waals surface area contributed by atoms with Crippen molar-refractivity contribution in [1.29, 1.82) is 0 Å². The quantitative estimate of drug-likeness (QED) is 0.793. The number of halogens is 3. The average molecular weight is 436 g/mol. The summed E-state index contributed by atoms with van der Waals surface area (Å²) < 4.78 is 41.7. The van der Waals surface area contributed by atoms with Gasteiger partial charge in [0.1, 0.15) is 18.0 Å². The summed E-state index contributed by atoms with van der Waals surface area (Å²) in [5.41, 5.74) is -0.0293. The summed E-state index contributed by atoms with van der Waals surface area (Å²) in [6.45, 7) is 3.93. The molecule has 0 bridgehead atoms. The van der Waals surface area contributed by atoms with Crippen molar-refractivity contribution in [3.05, 3.63) is 36.7 Å². The first-order chi connectivity index (χ1) is 14.9. The molecule has 2 aliphatic heterocycles. The van der Waals surface area contributed by atoms with E-state index in [-0.39, 0.29) is 5.69 Å². The largest absolute Gasteiger partial charge is 0.573 e. The molecule has 2 saturated heterocycles. The zero-order valence-corrected chi connectivity index (χ0v) is 16.8. The maximum atomic E-state index is 12.6. The smallest absolute Gasteiger partial charge is 0.404 e. The van der Waals surface area contributed by atoms with E-state index in [0.29, 0.717) is 26.2 Å². The van der Waals surface area contributed by atoms with E-state index in [1.807, 2.05) is 6.07 Å². The van der Waals surface area contributed by atoms with E-state index in [9.17, 15) is 18.0 Å². The van der Waals surface area contributed by atoms with Crippen LogP contribution in [0, 0.1) is 0 Å². The Kier molecular flexibility index (Phi) is 6.01. The number of benzene rings is 1. The Bertz CT molecular complexity index is 912. The van der Waals surface area contributed by atoms with Gasteiger partial charge in [-0.2, -0.15) is 0 Å². The van der Waals surface area contributed by atoms with Crippen LogP contribution in [0.2, 0.25) is 0 Å². The minimum atomic E-state index is -4.84. The lowest BCUT2D eigenvalue weighted by Crippen LogP contribution is -2.50. The topological polar surface area (TPSA) is 73.8 Å². The molecule has 0 atom stereocenters. The second kappa shape index (κ2) is 8.86. The van der Waals surface area contributed by atoms with Crippen LogP contribution in [-0.2, 0) is 0 Å². The number of nitrogens with zero attached hydrogens (tertiary/aromatic N) is 5. The Balaban J connectivity index is 1.35. The van der Waals surface area contributed by atoms with Crippen molar-refractivity contribution < 1.29 is 22.7 Å². The second-order valence-corrected chi connectivity index (χ2v) is 7.38. The fourth-order valence-electron chi connectivity index (χ4n) is 3.75. The van der Waals surface area contributed by atoms with Gasteiger partial charge in [-0.15, -0.1) is 13.2 Å². The van der Waals surface area contributed by atoms with Crippen LogP contribution >= 0.6 is 0 Å². The number of alkyl halides is 3. The number of nitrogens with one attached hydrogen (secondary N) is 1. The minimum Gasteiger partial charge on any atom is -0.404 e. The van der Waals surface area contributed by atoms with Crippen LogP contribution < -0.4 is 19.9 Å². The highest BCUT2D eigenvalue weighted by Gasteiger charge is 2.32. The number of urea groups is 1. The fourth-order valence-corrected chi connectivity index (χ4v) is 3.75. The zero-order chi connectivity index (χ0) is 21.8. The SMILES string of the molecule is O=C(Nc1ccccc1OC(F)(F)F)N1CCN(c2cc(N3CCCC3)ncn2)CC1. The zero-order valence-electron chi connectivity index (χ0n) is 16.8. The van der Waals surface area contributed by atoms with E-state index in [1.54, 1.807) is 11.2 Å². The summed E-state index contributed by atoms with van der Waals surface area (Å²) in [4.78, 5) is 27.2. The van der Waals surface area contributed by atoms with Crippen LogP contribution in [0.4, 0.5) is 35.3 Å². The molecule has 3 heterocycles. The van der Waals surface area contributed by atoms with Gasteiger partial charge in [0, 0.05) is 45.3 Å². The Morgan fingerprint density at radius 1 is 0.935 bits per heavy atom. The van der Waals surface area contributed by atoms with Crippen LogP contribution in [0.1, 0.15) is 12.8 Å². The van der Waals surface area contributed by atoms with Gasteiger partial charge >= 0.3 is 12.4 Å². The van der Waals surface area contributed by atoms with E-state index in [4.69, 9.17) is 0 Å². The number of anilines is 3. The summed E-state index contributed by atoms with van der Waals surface area (Å²) in [6.07, 6.45) is -0.966. The van der Waals surface area contributed by atoms with E-state index in [1.165, 1.54) is 18.2 Å². The third kappa shape index (κ3) is 5.28. The summed E-state index contributed by atoms with van der Waals surface area (Å²) in [7, 11) is 0. The van der Waals surface area contributed by atoms with Crippen molar-refractivity contribution in [3.8, 4) is 5.75 Å². The highest BCUT2D eigenvalue weighted by molar-refractivity contribution is 5.91. The lowest BCUT2D eigenvalue weighted by atomic mass is 10.3. The van der Waals surface area contributed by atoms with Gasteiger partial charge in [0.2, 0.25) is 0 Å². The van der Waals surface area contributed by atoms with E-state index in [2.05, 4.69) is 29.8 Å². The highest BCUT2D eigenvalue weighted by Crippen LogP contribution is 2.30. The normalized spacial score (nSPS) is 17.1. The molecule has 0 unspecified atom stereocenters. The summed E-state index contributed by atoms with van der Waals surface area (Å²) in [5.74, 6) is 1.27. The first-order valence-electron chi connectivity index (χ1n) is 10.1. The highest BCUT2D eigenvalue weighted by atomic mass is 19.4.